The van der Waals surface area contributed by atoms with E-state index in [1.807, 2.05) is 4.90 Å². The van der Waals surface area contributed by atoms with Crippen LogP contribution in [0.3, 0.4) is 0 Å². The highest BCUT2D eigenvalue weighted by Gasteiger charge is 2.47. The highest BCUT2D eigenvalue weighted by molar-refractivity contribution is 6.00. The zero-order chi connectivity index (χ0) is 33.2. The van der Waals surface area contributed by atoms with Crippen LogP contribution < -0.4 is 14.4 Å². The normalized spacial score (nSPS) is 23.8. The minimum absolute atomic E-state index is 0.0164. The van der Waals surface area contributed by atoms with Crippen molar-refractivity contribution in [2.75, 3.05) is 51.6 Å². The number of hydrogen-bond donors (Lipinski definition) is 1. The lowest BCUT2D eigenvalue weighted by Gasteiger charge is -2.40. The van der Waals surface area contributed by atoms with Crippen LogP contribution in [0.25, 0.3) is 32.9 Å². The number of fused-ring (bicyclic) bond motifs is 5. The average molecular weight is 659 g/mol. The van der Waals surface area contributed by atoms with Gasteiger partial charge in [-0.05, 0) is 62.2 Å². The lowest BCUT2D eigenvalue weighted by atomic mass is 9.94. The molecule has 250 valence electrons. The van der Waals surface area contributed by atoms with E-state index in [2.05, 4.69) is 21.4 Å². The molecule has 0 radical (unpaired) electrons. The van der Waals surface area contributed by atoms with Crippen molar-refractivity contribution < 1.29 is 32.9 Å². The summed E-state index contributed by atoms with van der Waals surface area (Å²) in [5.41, 5.74) is 1.04. The fraction of sp³-hybridized carbons (Fsp3) is 0.429. The van der Waals surface area contributed by atoms with Gasteiger partial charge in [0.15, 0.2) is 12.6 Å². The first-order valence-electron chi connectivity index (χ1n) is 16.3. The van der Waals surface area contributed by atoms with Crippen molar-refractivity contribution in [2.24, 2.45) is 0 Å². The van der Waals surface area contributed by atoms with Gasteiger partial charge in [0.25, 0.3) is 0 Å². The number of methoxy groups -OCH3 is 1. The van der Waals surface area contributed by atoms with Crippen LogP contribution >= 0.6 is 0 Å². The molecule has 1 unspecified atom stereocenters. The standard InChI is InChI=1S/C35H36F2N6O5/c1-20-13-35(9-4-10-42(35)15-20)18-47-33-39-31-26(32(40-33)41-16-22-7-8-23(17-41)43(22)34(44)45)14-38-30(29(31)37)25-12-24(48-19-46-2)11-21-5-3-6-27(36)28(21)25/h3,5-6,11-12,14,22-23H,1,4,7-10,13,15-19H2,2H3,(H,44,45)/t22-,23+,35?. The maximum atomic E-state index is 16.9. The number of pyridine rings is 1. The summed E-state index contributed by atoms with van der Waals surface area (Å²) in [5.74, 6) is -0.486. The molecule has 4 saturated heterocycles. The van der Waals surface area contributed by atoms with E-state index >= 15 is 8.78 Å². The van der Waals surface area contributed by atoms with Crippen LogP contribution in [0.5, 0.6) is 11.8 Å². The quantitative estimate of drug-likeness (QED) is 0.189. The smallest absolute Gasteiger partial charge is 0.407 e. The van der Waals surface area contributed by atoms with Gasteiger partial charge in [0.05, 0.1) is 23.0 Å². The van der Waals surface area contributed by atoms with Gasteiger partial charge in [0.1, 0.15) is 35.2 Å². The third-order valence-corrected chi connectivity index (χ3v) is 10.3. The lowest BCUT2D eigenvalue weighted by Crippen LogP contribution is -2.55. The van der Waals surface area contributed by atoms with Crippen LogP contribution in [-0.2, 0) is 4.74 Å². The molecule has 0 aliphatic carbocycles. The van der Waals surface area contributed by atoms with Crippen LogP contribution in [0.15, 0.2) is 48.7 Å². The van der Waals surface area contributed by atoms with Crippen molar-refractivity contribution in [1.82, 2.24) is 24.8 Å². The van der Waals surface area contributed by atoms with Gasteiger partial charge in [0.2, 0.25) is 0 Å². The van der Waals surface area contributed by atoms with E-state index in [0.717, 1.165) is 50.8 Å². The molecule has 1 N–H and O–H groups in total. The van der Waals surface area contributed by atoms with Crippen LogP contribution in [0.2, 0.25) is 0 Å². The number of ether oxygens (including phenoxy) is 3. The third-order valence-electron chi connectivity index (χ3n) is 10.3. The van der Waals surface area contributed by atoms with Gasteiger partial charge in [0, 0.05) is 43.9 Å². The summed E-state index contributed by atoms with van der Waals surface area (Å²) in [6.07, 6.45) is 4.86. The van der Waals surface area contributed by atoms with Crippen molar-refractivity contribution in [1.29, 1.82) is 0 Å². The second-order valence-electron chi connectivity index (χ2n) is 13.3. The Hall–Kier alpha value is -4.62. The molecule has 2 aromatic heterocycles. The van der Waals surface area contributed by atoms with E-state index in [-0.39, 0.29) is 52.6 Å². The number of halogens is 2. The Balaban J connectivity index is 1.25. The topological polar surface area (TPSA) is 113 Å². The van der Waals surface area contributed by atoms with E-state index in [1.165, 1.54) is 24.3 Å². The number of anilines is 1. The largest absolute Gasteiger partial charge is 0.468 e. The number of hydrogen-bond acceptors (Lipinski definition) is 9. The molecule has 48 heavy (non-hydrogen) atoms. The number of piperazine rings is 1. The Labute approximate surface area is 275 Å². The third kappa shape index (κ3) is 5.07. The lowest BCUT2D eigenvalue weighted by molar-refractivity contribution is 0.0512. The molecule has 4 aromatic rings. The van der Waals surface area contributed by atoms with Crippen molar-refractivity contribution in [3.8, 4) is 23.0 Å². The molecule has 6 heterocycles. The van der Waals surface area contributed by atoms with Crippen molar-refractivity contribution in [3.05, 3.63) is 60.3 Å². The average Bonchev–Trinajstić information content (AvgIpc) is 3.69. The van der Waals surface area contributed by atoms with Crippen LogP contribution in [0.1, 0.15) is 32.1 Å². The number of nitrogens with zero attached hydrogens (tertiary/aromatic N) is 6. The predicted octanol–water partition coefficient (Wildman–Crippen LogP) is 5.61. The number of aromatic nitrogens is 3. The van der Waals surface area contributed by atoms with Gasteiger partial charge in [-0.3, -0.25) is 14.8 Å². The second-order valence-corrected chi connectivity index (χ2v) is 13.3. The van der Waals surface area contributed by atoms with Crippen LogP contribution in [0.4, 0.5) is 19.4 Å². The molecular weight excluding hydrogens is 622 g/mol. The molecule has 4 aliphatic heterocycles. The first kappa shape index (κ1) is 30.7. The maximum Gasteiger partial charge on any atom is 0.407 e. The van der Waals surface area contributed by atoms with Crippen LogP contribution in [-0.4, -0.2) is 100 Å². The second kappa shape index (κ2) is 11.8. The Kier molecular flexibility index (Phi) is 7.55. The minimum Gasteiger partial charge on any atom is -0.468 e. The number of benzene rings is 2. The molecule has 2 aromatic carbocycles. The molecule has 4 fully saturated rings. The monoisotopic (exact) mass is 658 g/mol. The summed E-state index contributed by atoms with van der Waals surface area (Å²) in [4.78, 5) is 31.9. The molecule has 1 amide bonds. The van der Waals surface area contributed by atoms with Gasteiger partial charge in [-0.25, -0.2) is 13.6 Å². The molecule has 13 heteroatoms. The van der Waals surface area contributed by atoms with Crippen LogP contribution in [0, 0.1) is 11.6 Å². The molecule has 2 bridgehead atoms. The predicted molar refractivity (Wildman–Crippen MR) is 174 cm³/mol. The van der Waals surface area contributed by atoms with E-state index in [0.29, 0.717) is 42.0 Å². The SMILES string of the molecule is C=C1CN2CCCC2(COc2nc(N3C[C@H]4CC[C@@H](C3)N4C(=O)O)c3cnc(-c4cc(OCOC)cc5cccc(F)c45)c(F)c3n2)C1. The number of carbonyl (C=O) groups is 1. The summed E-state index contributed by atoms with van der Waals surface area (Å²) < 4.78 is 49.4. The Morgan fingerprint density at radius 3 is 2.73 bits per heavy atom. The maximum absolute atomic E-state index is 16.9. The van der Waals surface area contributed by atoms with Crippen molar-refractivity contribution in [3.63, 3.8) is 0 Å². The molecule has 0 spiro atoms. The summed E-state index contributed by atoms with van der Waals surface area (Å²) in [7, 11) is 1.49. The summed E-state index contributed by atoms with van der Waals surface area (Å²) in [5, 5.41) is 10.9. The van der Waals surface area contributed by atoms with Gasteiger partial charge in [-0.1, -0.05) is 24.3 Å². The zero-order valence-corrected chi connectivity index (χ0v) is 26.6. The molecule has 3 atom stereocenters. The van der Waals surface area contributed by atoms with E-state index in [9.17, 15) is 9.90 Å². The molecule has 11 nitrogen and oxygen atoms in total. The Morgan fingerprint density at radius 2 is 1.96 bits per heavy atom. The highest BCUT2D eigenvalue weighted by atomic mass is 19.1. The first-order chi connectivity index (χ1) is 23.2. The van der Waals surface area contributed by atoms with E-state index in [4.69, 9.17) is 19.2 Å². The fourth-order valence-electron chi connectivity index (χ4n) is 8.30. The zero-order valence-electron chi connectivity index (χ0n) is 26.6. The summed E-state index contributed by atoms with van der Waals surface area (Å²) in [6, 6.07) is 7.43. The summed E-state index contributed by atoms with van der Waals surface area (Å²) in [6.45, 7) is 7.06. The minimum atomic E-state index is -0.939. The van der Waals surface area contributed by atoms with Crippen molar-refractivity contribution >= 4 is 33.6 Å². The number of amides is 1. The molecular formula is C35H36F2N6O5. The highest BCUT2D eigenvalue weighted by Crippen LogP contribution is 2.42. The summed E-state index contributed by atoms with van der Waals surface area (Å²) >= 11 is 0. The van der Waals surface area contributed by atoms with Gasteiger partial charge in [-0.15, -0.1) is 0 Å². The number of rotatable bonds is 8. The van der Waals surface area contributed by atoms with E-state index in [1.54, 1.807) is 24.3 Å². The van der Waals surface area contributed by atoms with Crippen molar-refractivity contribution in [2.45, 2.75) is 49.7 Å². The molecule has 0 saturated carbocycles. The van der Waals surface area contributed by atoms with Gasteiger partial charge >= 0.3 is 12.1 Å². The first-order valence-corrected chi connectivity index (χ1v) is 16.3. The van der Waals surface area contributed by atoms with Gasteiger partial charge < -0.3 is 24.2 Å². The molecule has 8 rings (SSSR count). The van der Waals surface area contributed by atoms with Gasteiger partial charge in [-0.2, -0.15) is 9.97 Å². The fourth-order valence-corrected chi connectivity index (χ4v) is 8.30. The Bertz CT molecular complexity index is 1950. The van der Waals surface area contributed by atoms with E-state index < -0.39 is 17.7 Å². The Morgan fingerprint density at radius 1 is 1.15 bits per heavy atom. The molecule has 4 aliphatic rings. The number of carboxylic acid groups (broad SMARTS) is 1.